The minimum Gasteiger partial charge on any atom is -0.396 e. The Morgan fingerprint density at radius 3 is 3.00 bits per heavy atom. The summed E-state index contributed by atoms with van der Waals surface area (Å²) in [6.07, 6.45) is 1.83. The van der Waals surface area contributed by atoms with Crippen LogP contribution < -0.4 is 0 Å². The molecule has 0 aromatic carbocycles. The number of aliphatic hydroxyl groups excluding tert-OH is 1. The fourth-order valence-electron chi connectivity index (χ4n) is 1.29. The third-order valence-electron chi connectivity index (χ3n) is 2.27. The van der Waals surface area contributed by atoms with Crippen LogP contribution in [0, 0.1) is 5.41 Å². The predicted octanol–water partition coefficient (Wildman–Crippen LogP) is 1.39. The van der Waals surface area contributed by atoms with Crippen LogP contribution >= 0.6 is 23.1 Å². The molecule has 2 heterocycles. The average molecular weight is 231 g/mol. The van der Waals surface area contributed by atoms with Crippen LogP contribution in [0.3, 0.4) is 0 Å². The van der Waals surface area contributed by atoms with Gasteiger partial charge < -0.3 is 9.84 Å². The number of thiazole rings is 1. The van der Waals surface area contributed by atoms with Gasteiger partial charge in [-0.25, -0.2) is 4.98 Å². The van der Waals surface area contributed by atoms with Crippen LogP contribution in [0.5, 0.6) is 0 Å². The number of aromatic nitrogens is 1. The van der Waals surface area contributed by atoms with E-state index in [0.717, 1.165) is 16.5 Å². The van der Waals surface area contributed by atoms with Gasteiger partial charge in [0.2, 0.25) is 0 Å². The topological polar surface area (TPSA) is 42.4 Å². The zero-order valence-corrected chi connectivity index (χ0v) is 9.44. The van der Waals surface area contributed by atoms with Crippen molar-refractivity contribution in [2.75, 3.05) is 25.6 Å². The van der Waals surface area contributed by atoms with Crippen LogP contribution in [0.25, 0.3) is 0 Å². The maximum atomic E-state index is 9.19. The van der Waals surface area contributed by atoms with E-state index in [0.29, 0.717) is 13.2 Å². The molecule has 0 radical (unpaired) electrons. The minimum absolute atomic E-state index is 0.0297. The molecule has 0 atom stereocenters. The molecular formula is C9H13NO2S2. The second kappa shape index (κ2) is 4.61. The van der Waals surface area contributed by atoms with Gasteiger partial charge in [-0.05, 0) is 0 Å². The second-order valence-electron chi connectivity index (χ2n) is 3.57. The van der Waals surface area contributed by atoms with Gasteiger partial charge in [-0.3, -0.25) is 0 Å². The Hall–Kier alpha value is -0.100. The molecule has 1 N–H and O–H groups in total. The highest BCUT2D eigenvalue weighted by Gasteiger charge is 2.37. The number of nitrogens with zero attached hydrogens (tertiary/aromatic N) is 1. The molecule has 5 heteroatoms. The number of thioether (sulfide) groups is 1. The molecule has 0 saturated carbocycles. The van der Waals surface area contributed by atoms with Crippen molar-refractivity contribution in [1.82, 2.24) is 4.98 Å². The van der Waals surface area contributed by atoms with E-state index in [1.165, 1.54) is 0 Å². The van der Waals surface area contributed by atoms with Gasteiger partial charge in [0.25, 0.3) is 0 Å². The molecule has 3 nitrogen and oxygen atoms in total. The standard InChI is InChI=1S/C9H13NO2S2/c11-4-9(5-12-6-9)7-13-3-8-10-1-2-14-8/h1-2,11H,3-7H2. The number of hydrogen-bond acceptors (Lipinski definition) is 5. The number of ether oxygens (including phenoxy) is 1. The summed E-state index contributed by atoms with van der Waals surface area (Å²) in [5.41, 5.74) is 0.0297. The number of rotatable bonds is 5. The van der Waals surface area contributed by atoms with Crippen LogP contribution in [-0.4, -0.2) is 35.7 Å². The fraction of sp³-hybridized carbons (Fsp3) is 0.667. The summed E-state index contributed by atoms with van der Waals surface area (Å²) in [4.78, 5) is 4.21. The maximum absolute atomic E-state index is 9.19. The third-order valence-corrected chi connectivity index (χ3v) is 4.53. The average Bonchev–Trinajstić information content (AvgIpc) is 2.62. The highest BCUT2D eigenvalue weighted by Crippen LogP contribution is 2.32. The molecule has 2 rings (SSSR count). The van der Waals surface area contributed by atoms with Gasteiger partial charge in [0.05, 0.1) is 19.8 Å². The smallest absolute Gasteiger partial charge is 0.102 e. The molecule has 0 unspecified atom stereocenters. The number of hydrogen-bond donors (Lipinski definition) is 1. The van der Waals surface area contributed by atoms with Crippen molar-refractivity contribution < 1.29 is 9.84 Å². The maximum Gasteiger partial charge on any atom is 0.102 e. The van der Waals surface area contributed by atoms with Gasteiger partial charge >= 0.3 is 0 Å². The van der Waals surface area contributed by atoms with Crippen LogP contribution in [0.2, 0.25) is 0 Å². The molecule has 1 aliphatic rings. The minimum atomic E-state index is 0.0297. The second-order valence-corrected chi connectivity index (χ2v) is 5.53. The first-order valence-electron chi connectivity index (χ1n) is 4.49. The van der Waals surface area contributed by atoms with E-state index in [1.807, 2.05) is 23.3 Å². The molecule has 1 aliphatic heterocycles. The van der Waals surface area contributed by atoms with E-state index < -0.39 is 0 Å². The molecule has 78 valence electrons. The van der Waals surface area contributed by atoms with E-state index in [2.05, 4.69) is 4.98 Å². The third kappa shape index (κ3) is 2.28. The normalized spacial score (nSPS) is 19.2. The molecule has 1 fully saturated rings. The Balaban J connectivity index is 1.72. The van der Waals surface area contributed by atoms with Crippen molar-refractivity contribution in [2.24, 2.45) is 5.41 Å². The fourth-order valence-corrected chi connectivity index (χ4v) is 3.25. The van der Waals surface area contributed by atoms with Gasteiger partial charge in [0.15, 0.2) is 0 Å². The van der Waals surface area contributed by atoms with Gasteiger partial charge in [-0.15, -0.1) is 11.3 Å². The molecule has 0 aliphatic carbocycles. The van der Waals surface area contributed by atoms with Crippen LogP contribution in [0.4, 0.5) is 0 Å². The summed E-state index contributed by atoms with van der Waals surface area (Å²) >= 11 is 3.51. The van der Waals surface area contributed by atoms with Crippen LogP contribution in [0.1, 0.15) is 5.01 Å². The highest BCUT2D eigenvalue weighted by atomic mass is 32.2. The predicted molar refractivity (Wildman–Crippen MR) is 58.6 cm³/mol. The van der Waals surface area contributed by atoms with Crippen molar-refractivity contribution in [3.8, 4) is 0 Å². The molecular weight excluding hydrogens is 218 g/mol. The SMILES string of the molecule is OCC1(CSCc2nccs2)COC1. The first-order chi connectivity index (χ1) is 6.85. The molecule has 14 heavy (non-hydrogen) atoms. The van der Waals surface area contributed by atoms with E-state index >= 15 is 0 Å². The lowest BCUT2D eigenvalue weighted by Crippen LogP contribution is -2.47. The zero-order chi connectivity index (χ0) is 9.86. The van der Waals surface area contributed by atoms with E-state index in [4.69, 9.17) is 4.74 Å². The van der Waals surface area contributed by atoms with Crippen molar-refractivity contribution in [2.45, 2.75) is 5.75 Å². The Morgan fingerprint density at radius 2 is 2.50 bits per heavy atom. The van der Waals surface area contributed by atoms with Crippen molar-refractivity contribution in [3.63, 3.8) is 0 Å². The first kappa shape index (κ1) is 10.4. The van der Waals surface area contributed by atoms with Gasteiger partial charge in [0, 0.05) is 28.5 Å². The molecule has 1 saturated heterocycles. The van der Waals surface area contributed by atoms with Crippen molar-refractivity contribution in [3.05, 3.63) is 16.6 Å². The lowest BCUT2D eigenvalue weighted by atomic mass is 9.90. The first-order valence-corrected chi connectivity index (χ1v) is 6.53. The summed E-state index contributed by atoms with van der Waals surface area (Å²) in [7, 11) is 0. The summed E-state index contributed by atoms with van der Waals surface area (Å²) in [6.45, 7) is 1.64. The summed E-state index contributed by atoms with van der Waals surface area (Å²) in [6, 6.07) is 0. The van der Waals surface area contributed by atoms with Gasteiger partial charge in [-0.1, -0.05) is 0 Å². The zero-order valence-electron chi connectivity index (χ0n) is 7.81. The summed E-state index contributed by atoms with van der Waals surface area (Å²) in [5.74, 6) is 1.91. The molecule has 0 bridgehead atoms. The highest BCUT2D eigenvalue weighted by molar-refractivity contribution is 7.98. The van der Waals surface area contributed by atoms with Gasteiger partial charge in [0.1, 0.15) is 5.01 Å². The van der Waals surface area contributed by atoms with Crippen molar-refractivity contribution >= 4 is 23.1 Å². The van der Waals surface area contributed by atoms with Crippen LogP contribution in [-0.2, 0) is 10.5 Å². The summed E-state index contributed by atoms with van der Waals surface area (Å²) in [5, 5.41) is 12.3. The summed E-state index contributed by atoms with van der Waals surface area (Å²) < 4.78 is 5.13. The Labute approximate surface area is 91.5 Å². The number of aliphatic hydroxyl groups is 1. The van der Waals surface area contributed by atoms with E-state index in [1.54, 1.807) is 11.3 Å². The Bertz CT molecular complexity index is 267. The molecule has 0 amide bonds. The van der Waals surface area contributed by atoms with E-state index in [-0.39, 0.29) is 12.0 Å². The largest absolute Gasteiger partial charge is 0.396 e. The lowest BCUT2D eigenvalue weighted by molar-refractivity contribution is -0.121. The van der Waals surface area contributed by atoms with Crippen molar-refractivity contribution in [1.29, 1.82) is 0 Å². The lowest BCUT2D eigenvalue weighted by Gasteiger charge is -2.39. The monoisotopic (exact) mass is 231 g/mol. The molecule has 0 spiro atoms. The van der Waals surface area contributed by atoms with Gasteiger partial charge in [-0.2, -0.15) is 11.8 Å². The molecule has 1 aromatic heterocycles. The quantitative estimate of drug-likeness (QED) is 0.831. The van der Waals surface area contributed by atoms with E-state index in [9.17, 15) is 5.11 Å². The Kier molecular flexibility index (Phi) is 3.43. The molecule has 1 aromatic rings. The van der Waals surface area contributed by atoms with Crippen LogP contribution in [0.15, 0.2) is 11.6 Å². The Morgan fingerprint density at radius 1 is 1.64 bits per heavy atom.